The molecule has 118 valence electrons. The lowest BCUT2D eigenvalue weighted by Gasteiger charge is -2.16. The molecule has 0 heterocycles. The first kappa shape index (κ1) is 17.0. The quantitative estimate of drug-likeness (QED) is 0.582. The highest BCUT2D eigenvalue weighted by atomic mass is 127. The molecule has 22 heavy (non-hydrogen) atoms. The molecule has 2 aromatic carbocycles. The van der Waals surface area contributed by atoms with Crippen LogP contribution in [-0.4, -0.2) is 25.3 Å². The van der Waals surface area contributed by atoms with Gasteiger partial charge in [-0.15, -0.1) is 0 Å². The molecule has 0 saturated heterocycles. The summed E-state index contributed by atoms with van der Waals surface area (Å²) in [6.07, 6.45) is 0. The zero-order chi connectivity index (χ0) is 16.4. The summed E-state index contributed by atoms with van der Waals surface area (Å²) in [7, 11) is 2.99. The molecule has 2 rings (SSSR count). The van der Waals surface area contributed by atoms with Crippen LogP contribution in [0.5, 0.6) is 17.2 Å². The Labute approximate surface area is 146 Å². The molecule has 5 nitrogen and oxygen atoms in total. The van der Waals surface area contributed by atoms with Crippen molar-refractivity contribution in [3.63, 3.8) is 0 Å². The number of phenolic OH excluding ortho intramolecular Hbond substituents is 1. The average Bonchev–Trinajstić information content (AvgIpc) is 2.48. The van der Waals surface area contributed by atoms with E-state index in [0.29, 0.717) is 36.4 Å². The molecule has 2 aromatic rings. The molecular formula is C15H14ClIO5. The number of phenols is 1. The first-order valence-electron chi connectivity index (χ1n) is 6.28. The third-order valence-corrected chi connectivity index (χ3v) is 4.62. The fourth-order valence-electron chi connectivity index (χ4n) is 2.15. The van der Waals surface area contributed by atoms with Crippen molar-refractivity contribution in [2.75, 3.05) is 14.2 Å². The van der Waals surface area contributed by atoms with Crippen molar-refractivity contribution < 1.29 is 24.1 Å². The van der Waals surface area contributed by atoms with Crippen LogP contribution < -0.4 is 9.47 Å². The Morgan fingerprint density at radius 3 is 2.55 bits per heavy atom. The van der Waals surface area contributed by atoms with Crippen LogP contribution in [0.4, 0.5) is 0 Å². The van der Waals surface area contributed by atoms with E-state index >= 15 is 0 Å². The molecule has 0 aliphatic rings. The van der Waals surface area contributed by atoms with Gasteiger partial charge >= 0.3 is 5.97 Å². The van der Waals surface area contributed by atoms with Gasteiger partial charge in [0.15, 0.2) is 0 Å². The second kappa shape index (κ2) is 6.78. The van der Waals surface area contributed by atoms with Crippen LogP contribution in [0.1, 0.15) is 12.5 Å². The van der Waals surface area contributed by atoms with Crippen LogP contribution in [0.15, 0.2) is 12.1 Å². The molecule has 0 radical (unpaired) electrons. The summed E-state index contributed by atoms with van der Waals surface area (Å²) in [6.45, 7) is 1.39. The van der Waals surface area contributed by atoms with Crippen LogP contribution in [0, 0.1) is 3.57 Å². The molecule has 0 aliphatic carbocycles. The molecule has 0 fully saturated rings. The molecule has 7 heteroatoms. The van der Waals surface area contributed by atoms with Gasteiger partial charge in [0, 0.05) is 23.9 Å². The van der Waals surface area contributed by atoms with Gasteiger partial charge < -0.3 is 19.3 Å². The first-order chi connectivity index (χ1) is 10.4. The van der Waals surface area contributed by atoms with Gasteiger partial charge in [-0.3, -0.25) is 4.79 Å². The van der Waals surface area contributed by atoms with Gasteiger partial charge in [0.1, 0.15) is 23.9 Å². The minimum atomic E-state index is -0.393. The second-order valence-electron chi connectivity index (χ2n) is 4.49. The maximum absolute atomic E-state index is 11.0. The van der Waals surface area contributed by atoms with Crippen LogP contribution in [0.3, 0.4) is 0 Å². The van der Waals surface area contributed by atoms with Gasteiger partial charge in [-0.05, 0) is 28.7 Å². The van der Waals surface area contributed by atoms with E-state index in [1.54, 1.807) is 12.1 Å². The average molecular weight is 437 g/mol. The molecule has 0 bridgehead atoms. The SMILES string of the molecule is COc1cc(Cl)c(OC)c2c(O)c(I)c(COC(C)=O)cc12. The van der Waals surface area contributed by atoms with Crippen molar-refractivity contribution in [2.45, 2.75) is 13.5 Å². The number of esters is 1. The van der Waals surface area contributed by atoms with E-state index in [2.05, 4.69) is 0 Å². The summed E-state index contributed by atoms with van der Waals surface area (Å²) in [5.41, 5.74) is 0.670. The Morgan fingerprint density at radius 1 is 1.32 bits per heavy atom. The Kier molecular flexibility index (Phi) is 5.23. The monoisotopic (exact) mass is 436 g/mol. The van der Waals surface area contributed by atoms with Crippen LogP contribution >= 0.6 is 34.2 Å². The van der Waals surface area contributed by atoms with E-state index < -0.39 is 5.97 Å². The van der Waals surface area contributed by atoms with Crippen molar-refractivity contribution in [3.05, 3.63) is 26.3 Å². The zero-order valence-corrected chi connectivity index (χ0v) is 15.1. The minimum absolute atomic E-state index is 0.0119. The first-order valence-corrected chi connectivity index (χ1v) is 7.74. The van der Waals surface area contributed by atoms with Crippen LogP contribution in [-0.2, 0) is 16.1 Å². The molecule has 0 unspecified atom stereocenters. The molecule has 0 amide bonds. The molecule has 0 atom stereocenters. The summed E-state index contributed by atoms with van der Waals surface area (Å²) < 4.78 is 16.2. The number of halogens is 2. The number of hydrogen-bond acceptors (Lipinski definition) is 5. The van der Waals surface area contributed by atoms with E-state index in [-0.39, 0.29) is 12.4 Å². The molecule has 0 aliphatic heterocycles. The van der Waals surface area contributed by atoms with Crippen molar-refractivity contribution in [1.82, 2.24) is 0 Å². The molecule has 0 spiro atoms. The van der Waals surface area contributed by atoms with Crippen molar-refractivity contribution in [1.29, 1.82) is 0 Å². The van der Waals surface area contributed by atoms with E-state index in [9.17, 15) is 9.90 Å². The standard InChI is InChI=1S/C15H14ClIO5/c1-7(18)22-6-8-4-9-11(20-2)5-10(16)15(21-3)12(9)14(19)13(8)17/h4-5,19H,6H2,1-3H3. The van der Waals surface area contributed by atoms with Crippen LogP contribution in [0.25, 0.3) is 10.8 Å². The number of ether oxygens (including phenoxy) is 3. The number of methoxy groups -OCH3 is 2. The maximum Gasteiger partial charge on any atom is 0.302 e. The second-order valence-corrected chi connectivity index (χ2v) is 5.98. The fraction of sp³-hybridized carbons (Fsp3) is 0.267. The smallest absolute Gasteiger partial charge is 0.302 e. The number of aromatic hydroxyl groups is 1. The van der Waals surface area contributed by atoms with Crippen molar-refractivity contribution in [2.24, 2.45) is 0 Å². The van der Waals surface area contributed by atoms with Gasteiger partial charge in [0.2, 0.25) is 0 Å². The largest absolute Gasteiger partial charge is 0.506 e. The Hall–Kier alpha value is -1.41. The third-order valence-electron chi connectivity index (χ3n) is 3.14. The Morgan fingerprint density at radius 2 is 2.00 bits per heavy atom. The number of carbonyl (C=O) groups excluding carboxylic acids is 1. The molecule has 1 N–H and O–H groups in total. The summed E-state index contributed by atoms with van der Waals surface area (Å²) in [5.74, 6) is 0.484. The number of carbonyl (C=O) groups is 1. The maximum atomic E-state index is 11.0. The van der Waals surface area contributed by atoms with E-state index in [1.165, 1.54) is 21.1 Å². The lowest BCUT2D eigenvalue weighted by Crippen LogP contribution is -2.02. The predicted octanol–water partition coefficient (Wildman–Crippen LogP) is 3.88. The highest BCUT2D eigenvalue weighted by molar-refractivity contribution is 14.1. The van der Waals surface area contributed by atoms with E-state index in [0.717, 1.165) is 0 Å². The molecule has 0 saturated carbocycles. The number of hydrogen-bond donors (Lipinski definition) is 1. The summed E-state index contributed by atoms with van der Waals surface area (Å²) in [4.78, 5) is 11.0. The highest BCUT2D eigenvalue weighted by Gasteiger charge is 2.20. The van der Waals surface area contributed by atoms with Gasteiger partial charge in [-0.2, -0.15) is 0 Å². The summed E-state index contributed by atoms with van der Waals surface area (Å²) >= 11 is 8.15. The lowest BCUT2D eigenvalue weighted by molar-refractivity contribution is -0.142. The summed E-state index contributed by atoms with van der Waals surface area (Å²) in [6, 6.07) is 3.40. The summed E-state index contributed by atoms with van der Waals surface area (Å²) in [5, 5.41) is 11.9. The minimum Gasteiger partial charge on any atom is -0.506 e. The normalized spacial score (nSPS) is 10.6. The third kappa shape index (κ3) is 3.03. The van der Waals surface area contributed by atoms with Gasteiger partial charge in [0.05, 0.1) is 28.2 Å². The lowest BCUT2D eigenvalue weighted by atomic mass is 10.0. The van der Waals surface area contributed by atoms with Crippen molar-refractivity contribution >= 4 is 50.9 Å². The topological polar surface area (TPSA) is 65.0 Å². The zero-order valence-electron chi connectivity index (χ0n) is 12.2. The van der Waals surface area contributed by atoms with E-state index in [1.807, 2.05) is 22.6 Å². The van der Waals surface area contributed by atoms with Crippen molar-refractivity contribution in [3.8, 4) is 17.2 Å². The molecular weight excluding hydrogens is 423 g/mol. The predicted molar refractivity (Wildman–Crippen MR) is 91.9 cm³/mol. The van der Waals surface area contributed by atoms with Gasteiger partial charge in [0.25, 0.3) is 0 Å². The van der Waals surface area contributed by atoms with Gasteiger partial charge in [-0.25, -0.2) is 0 Å². The Bertz CT molecular complexity index is 745. The molecule has 0 aromatic heterocycles. The van der Waals surface area contributed by atoms with Gasteiger partial charge in [-0.1, -0.05) is 11.6 Å². The number of fused-ring (bicyclic) bond motifs is 1. The van der Waals surface area contributed by atoms with Crippen LogP contribution in [0.2, 0.25) is 5.02 Å². The number of benzene rings is 2. The Balaban J connectivity index is 2.77. The fourth-order valence-corrected chi connectivity index (χ4v) is 3.01. The number of rotatable bonds is 4. The van der Waals surface area contributed by atoms with E-state index in [4.69, 9.17) is 25.8 Å². The highest BCUT2D eigenvalue weighted by Crippen LogP contribution is 2.46.